The second-order valence-corrected chi connectivity index (χ2v) is 5.97. The molecule has 3 rings (SSSR count). The molecular formula is C15H19N5O3. The molecule has 0 atom stereocenters. The largest absolute Gasteiger partial charge is 0.476 e. The van der Waals surface area contributed by atoms with Crippen molar-refractivity contribution in [3.05, 3.63) is 29.8 Å². The predicted octanol–water partition coefficient (Wildman–Crippen LogP) is 2.07. The maximum absolute atomic E-state index is 10.8. The highest BCUT2D eigenvalue weighted by Crippen LogP contribution is 2.28. The normalized spacial score (nSPS) is 16.0. The summed E-state index contributed by atoms with van der Waals surface area (Å²) >= 11 is 0. The molecule has 1 aliphatic rings. The lowest BCUT2D eigenvalue weighted by Gasteiger charge is -2.31. The molecule has 0 amide bonds. The highest BCUT2D eigenvalue weighted by atomic mass is 16.5. The molecule has 0 spiro atoms. The van der Waals surface area contributed by atoms with Crippen LogP contribution < -0.4 is 4.90 Å². The summed E-state index contributed by atoms with van der Waals surface area (Å²) in [7, 11) is 0. The molecule has 0 aromatic carbocycles. The molecule has 2 aromatic heterocycles. The fourth-order valence-corrected chi connectivity index (χ4v) is 2.61. The molecule has 1 aliphatic heterocycles. The number of aromatic carboxylic acids is 1. The number of piperidine rings is 1. The highest BCUT2D eigenvalue weighted by Gasteiger charge is 2.26. The molecule has 8 nitrogen and oxygen atoms in total. The van der Waals surface area contributed by atoms with Crippen molar-refractivity contribution in [2.75, 3.05) is 18.0 Å². The van der Waals surface area contributed by atoms with Crippen LogP contribution in [0.2, 0.25) is 0 Å². The Balaban J connectivity index is 1.62. The predicted molar refractivity (Wildman–Crippen MR) is 81.6 cm³/mol. The summed E-state index contributed by atoms with van der Waals surface area (Å²) in [6, 6.07) is 0. The Hall–Kier alpha value is -2.51. The van der Waals surface area contributed by atoms with E-state index in [9.17, 15) is 4.79 Å². The number of rotatable bonds is 4. The smallest absolute Gasteiger partial charge is 0.356 e. The summed E-state index contributed by atoms with van der Waals surface area (Å²) in [6.45, 7) is 5.66. The summed E-state index contributed by atoms with van der Waals surface area (Å²) in [5.74, 6) is 1.61. The van der Waals surface area contributed by atoms with Gasteiger partial charge in [0.2, 0.25) is 5.89 Å². The van der Waals surface area contributed by atoms with E-state index in [4.69, 9.17) is 9.63 Å². The van der Waals surface area contributed by atoms with Crippen molar-refractivity contribution in [1.29, 1.82) is 0 Å². The van der Waals surface area contributed by atoms with Gasteiger partial charge in [-0.1, -0.05) is 19.0 Å². The Labute approximate surface area is 133 Å². The van der Waals surface area contributed by atoms with E-state index in [2.05, 4.69) is 25.0 Å². The topological polar surface area (TPSA) is 105 Å². The maximum atomic E-state index is 10.8. The summed E-state index contributed by atoms with van der Waals surface area (Å²) in [5.41, 5.74) is -0.0448. The highest BCUT2D eigenvalue weighted by molar-refractivity contribution is 5.84. The van der Waals surface area contributed by atoms with Gasteiger partial charge in [0.05, 0.1) is 12.4 Å². The summed E-state index contributed by atoms with van der Waals surface area (Å²) < 4.78 is 5.27. The van der Waals surface area contributed by atoms with Gasteiger partial charge in [0.15, 0.2) is 11.5 Å². The molecule has 0 radical (unpaired) electrons. The minimum atomic E-state index is -1.07. The fourth-order valence-electron chi connectivity index (χ4n) is 2.61. The van der Waals surface area contributed by atoms with Crippen LogP contribution in [0.1, 0.15) is 60.7 Å². The van der Waals surface area contributed by atoms with Crippen LogP contribution >= 0.6 is 0 Å². The van der Waals surface area contributed by atoms with E-state index >= 15 is 0 Å². The third kappa shape index (κ3) is 3.30. The van der Waals surface area contributed by atoms with Crippen LogP contribution in [0.3, 0.4) is 0 Å². The fraction of sp³-hybridized carbons (Fsp3) is 0.533. The van der Waals surface area contributed by atoms with Crippen molar-refractivity contribution >= 4 is 11.8 Å². The van der Waals surface area contributed by atoms with Gasteiger partial charge in [-0.15, -0.1) is 0 Å². The Kier molecular flexibility index (Phi) is 4.22. The molecule has 23 heavy (non-hydrogen) atoms. The molecule has 1 N–H and O–H groups in total. The van der Waals surface area contributed by atoms with Gasteiger partial charge in [0, 0.05) is 24.9 Å². The van der Waals surface area contributed by atoms with Crippen molar-refractivity contribution in [3.8, 4) is 0 Å². The van der Waals surface area contributed by atoms with Gasteiger partial charge >= 0.3 is 5.97 Å². The zero-order chi connectivity index (χ0) is 16.4. The van der Waals surface area contributed by atoms with Gasteiger partial charge in [0.25, 0.3) is 0 Å². The molecule has 2 aromatic rings. The number of carboxylic acids is 1. The first-order valence-electron chi connectivity index (χ1n) is 7.68. The third-order valence-electron chi connectivity index (χ3n) is 3.99. The van der Waals surface area contributed by atoms with Gasteiger partial charge in [0.1, 0.15) is 5.82 Å². The van der Waals surface area contributed by atoms with Crippen LogP contribution in [0.5, 0.6) is 0 Å². The summed E-state index contributed by atoms with van der Waals surface area (Å²) in [5, 5.41) is 12.9. The molecule has 122 valence electrons. The van der Waals surface area contributed by atoms with Crippen molar-refractivity contribution in [3.63, 3.8) is 0 Å². The van der Waals surface area contributed by atoms with Crippen molar-refractivity contribution in [1.82, 2.24) is 20.1 Å². The lowest BCUT2D eigenvalue weighted by atomic mass is 9.96. The Morgan fingerprint density at radius 1 is 1.30 bits per heavy atom. The first-order chi connectivity index (χ1) is 11.0. The minimum Gasteiger partial charge on any atom is -0.476 e. The molecule has 0 unspecified atom stereocenters. The average Bonchev–Trinajstić information content (AvgIpc) is 3.05. The van der Waals surface area contributed by atoms with Gasteiger partial charge < -0.3 is 14.5 Å². The van der Waals surface area contributed by atoms with E-state index < -0.39 is 5.97 Å². The molecule has 0 bridgehead atoms. The SMILES string of the molecule is CC(C)c1nc(C2CCN(c3cnc(C(=O)O)cn3)CC2)no1. The number of aromatic nitrogens is 4. The Morgan fingerprint density at radius 3 is 2.57 bits per heavy atom. The standard InChI is InChI=1S/C15H19N5O3/c1-9(2)14-18-13(19-23-14)10-3-5-20(6-4-10)12-8-16-11(7-17-12)15(21)22/h7-10H,3-6H2,1-2H3,(H,21,22). The molecule has 0 saturated carbocycles. The van der Waals surface area contributed by atoms with Gasteiger partial charge in [-0.25, -0.2) is 14.8 Å². The first kappa shape index (κ1) is 15.4. The molecule has 1 saturated heterocycles. The van der Waals surface area contributed by atoms with Crippen LogP contribution in [0.4, 0.5) is 5.82 Å². The molecule has 3 heterocycles. The maximum Gasteiger partial charge on any atom is 0.356 e. The van der Waals surface area contributed by atoms with Gasteiger partial charge in [-0.05, 0) is 12.8 Å². The van der Waals surface area contributed by atoms with Gasteiger partial charge in [-0.2, -0.15) is 4.98 Å². The molecule has 8 heteroatoms. The third-order valence-corrected chi connectivity index (χ3v) is 3.99. The van der Waals surface area contributed by atoms with Crippen LogP contribution in [-0.2, 0) is 0 Å². The summed E-state index contributed by atoms with van der Waals surface area (Å²) in [4.78, 5) is 25.5. The first-order valence-corrected chi connectivity index (χ1v) is 7.68. The quantitative estimate of drug-likeness (QED) is 0.913. The van der Waals surface area contributed by atoms with Crippen LogP contribution in [0.15, 0.2) is 16.9 Å². The average molecular weight is 317 g/mol. The van der Waals surface area contributed by atoms with E-state index in [-0.39, 0.29) is 17.5 Å². The molecule has 0 aliphatic carbocycles. The van der Waals surface area contributed by atoms with Crippen molar-refractivity contribution < 1.29 is 14.4 Å². The van der Waals surface area contributed by atoms with E-state index in [1.54, 1.807) is 0 Å². The summed E-state index contributed by atoms with van der Waals surface area (Å²) in [6.07, 6.45) is 4.60. The van der Waals surface area contributed by atoms with E-state index in [0.29, 0.717) is 11.7 Å². The number of carboxylic acid groups (broad SMARTS) is 1. The van der Waals surface area contributed by atoms with Gasteiger partial charge in [-0.3, -0.25) is 0 Å². The number of hydrogen-bond donors (Lipinski definition) is 1. The van der Waals surface area contributed by atoms with Crippen LogP contribution in [0.25, 0.3) is 0 Å². The monoisotopic (exact) mass is 317 g/mol. The second-order valence-electron chi connectivity index (χ2n) is 5.97. The van der Waals surface area contributed by atoms with E-state index in [0.717, 1.165) is 31.8 Å². The zero-order valence-corrected chi connectivity index (χ0v) is 13.1. The van der Waals surface area contributed by atoms with Crippen LogP contribution in [0, 0.1) is 0 Å². The number of carbonyl (C=O) groups is 1. The van der Waals surface area contributed by atoms with Crippen molar-refractivity contribution in [2.45, 2.75) is 38.5 Å². The number of nitrogens with zero attached hydrogens (tertiary/aromatic N) is 5. The Bertz CT molecular complexity index is 675. The van der Waals surface area contributed by atoms with Crippen LogP contribution in [-0.4, -0.2) is 44.3 Å². The minimum absolute atomic E-state index is 0.0448. The molecular weight excluding hydrogens is 298 g/mol. The second kappa shape index (κ2) is 6.31. The van der Waals surface area contributed by atoms with Crippen molar-refractivity contribution in [2.24, 2.45) is 0 Å². The zero-order valence-electron chi connectivity index (χ0n) is 13.1. The number of hydrogen-bond acceptors (Lipinski definition) is 7. The molecule has 1 fully saturated rings. The van der Waals surface area contributed by atoms with E-state index in [1.165, 1.54) is 12.4 Å². The Morgan fingerprint density at radius 2 is 2.04 bits per heavy atom. The lowest BCUT2D eigenvalue weighted by molar-refractivity contribution is 0.0690. The lowest BCUT2D eigenvalue weighted by Crippen LogP contribution is -2.34. The van der Waals surface area contributed by atoms with E-state index in [1.807, 2.05) is 13.8 Å². The number of anilines is 1.